The Bertz CT molecular complexity index is 1040. The largest absolute Gasteiger partial charge is 0.323 e. The zero-order chi connectivity index (χ0) is 21.0. The summed E-state index contributed by atoms with van der Waals surface area (Å²) in [5.41, 5.74) is 3.34. The van der Waals surface area contributed by atoms with Crippen molar-refractivity contribution in [1.29, 1.82) is 0 Å². The summed E-state index contributed by atoms with van der Waals surface area (Å²) in [6.07, 6.45) is 7.23. The number of amides is 1. The van der Waals surface area contributed by atoms with Gasteiger partial charge in [0.25, 0.3) is 5.91 Å². The average molecular weight is 402 g/mol. The number of aromatic nitrogens is 1. The Hall–Kier alpha value is -3.05. The molecule has 0 bridgehead atoms. The summed E-state index contributed by atoms with van der Waals surface area (Å²) in [6.45, 7) is 0.592. The van der Waals surface area contributed by atoms with E-state index in [-0.39, 0.29) is 11.6 Å². The van der Waals surface area contributed by atoms with Crippen molar-refractivity contribution in [2.75, 3.05) is 13.6 Å². The standard InChI is InChI=1S/C25H27N3O2/c1-28(25(13-4-5-14-25)27-15-6-16-29)24(30)20-11-9-19(10-12-20)22-17-21-7-2-3-8-23(21)26-18-22/h2-3,7-12,16-18,27H,4-6,13-15H2,1H3. The van der Waals surface area contributed by atoms with Gasteiger partial charge in [-0.25, -0.2) is 0 Å². The van der Waals surface area contributed by atoms with E-state index < -0.39 is 0 Å². The smallest absolute Gasteiger partial charge is 0.255 e. The molecule has 0 unspecified atom stereocenters. The number of carbonyl (C=O) groups excluding carboxylic acids is 2. The van der Waals surface area contributed by atoms with Crippen LogP contribution >= 0.6 is 0 Å². The molecule has 154 valence electrons. The molecule has 1 amide bonds. The topological polar surface area (TPSA) is 62.3 Å². The van der Waals surface area contributed by atoms with Crippen molar-refractivity contribution in [3.63, 3.8) is 0 Å². The first-order valence-electron chi connectivity index (χ1n) is 10.5. The third-order valence-corrected chi connectivity index (χ3v) is 6.15. The van der Waals surface area contributed by atoms with Gasteiger partial charge in [-0.3, -0.25) is 15.1 Å². The third kappa shape index (κ3) is 3.98. The highest BCUT2D eigenvalue weighted by Gasteiger charge is 2.39. The fraction of sp³-hybridized carbons (Fsp3) is 0.320. The van der Waals surface area contributed by atoms with Gasteiger partial charge in [0.15, 0.2) is 0 Å². The van der Waals surface area contributed by atoms with Gasteiger partial charge in [-0.15, -0.1) is 0 Å². The van der Waals surface area contributed by atoms with Crippen LogP contribution in [0.2, 0.25) is 0 Å². The molecule has 2 aromatic carbocycles. The van der Waals surface area contributed by atoms with E-state index in [0.717, 1.165) is 54.0 Å². The maximum absolute atomic E-state index is 13.2. The number of rotatable bonds is 7. The van der Waals surface area contributed by atoms with Crippen LogP contribution in [0.5, 0.6) is 0 Å². The van der Waals surface area contributed by atoms with Gasteiger partial charge in [-0.05, 0) is 55.5 Å². The molecule has 1 heterocycles. The molecule has 0 aliphatic heterocycles. The molecule has 5 nitrogen and oxygen atoms in total. The molecule has 4 rings (SSSR count). The number of hydrogen-bond acceptors (Lipinski definition) is 4. The highest BCUT2D eigenvalue weighted by molar-refractivity contribution is 5.95. The Kier molecular flexibility index (Phi) is 5.91. The van der Waals surface area contributed by atoms with Gasteiger partial charge < -0.3 is 9.69 Å². The summed E-state index contributed by atoms with van der Waals surface area (Å²) in [6, 6.07) is 17.9. The van der Waals surface area contributed by atoms with Crippen LogP contribution in [0, 0.1) is 0 Å². The molecule has 30 heavy (non-hydrogen) atoms. The van der Waals surface area contributed by atoms with Gasteiger partial charge in [0.1, 0.15) is 6.29 Å². The molecule has 5 heteroatoms. The Labute approximate surface area is 177 Å². The number of fused-ring (bicyclic) bond motifs is 1. The van der Waals surface area contributed by atoms with Crippen molar-refractivity contribution in [2.45, 2.75) is 37.8 Å². The summed E-state index contributed by atoms with van der Waals surface area (Å²) in [4.78, 5) is 30.3. The lowest BCUT2D eigenvalue weighted by Crippen LogP contribution is -2.57. The Morgan fingerprint density at radius 1 is 1.10 bits per heavy atom. The van der Waals surface area contributed by atoms with E-state index in [1.165, 1.54) is 0 Å². The average Bonchev–Trinajstić information content (AvgIpc) is 3.28. The lowest BCUT2D eigenvalue weighted by molar-refractivity contribution is -0.107. The Morgan fingerprint density at radius 3 is 2.57 bits per heavy atom. The van der Waals surface area contributed by atoms with Crippen LogP contribution in [-0.4, -0.2) is 41.3 Å². The van der Waals surface area contributed by atoms with Crippen molar-refractivity contribution in [3.8, 4) is 11.1 Å². The van der Waals surface area contributed by atoms with Gasteiger partial charge >= 0.3 is 0 Å². The fourth-order valence-corrected chi connectivity index (χ4v) is 4.38. The first kappa shape index (κ1) is 20.2. The van der Waals surface area contributed by atoms with E-state index >= 15 is 0 Å². The first-order valence-corrected chi connectivity index (χ1v) is 10.5. The van der Waals surface area contributed by atoms with Gasteiger partial charge in [-0.2, -0.15) is 0 Å². The molecular weight excluding hydrogens is 374 g/mol. The van der Waals surface area contributed by atoms with Crippen LogP contribution in [0.1, 0.15) is 42.5 Å². The molecule has 0 saturated heterocycles. The van der Waals surface area contributed by atoms with Crippen LogP contribution in [-0.2, 0) is 4.79 Å². The van der Waals surface area contributed by atoms with E-state index in [1.807, 2.05) is 60.6 Å². The minimum absolute atomic E-state index is 0.00121. The van der Waals surface area contributed by atoms with Gasteiger partial charge in [0, 0.05) is 42.7 Å². The number of aldehydes is 1. The summed E-state index contributed by atoms with van der Waals surface area (Å²) >= 11 is 0. The van der Waals surface area contributed by atoms with E-state index in [9.17, 15) is 9.59 Å². The van der Waals surface area contributed by atoms with E-state index in [0.29, 0.717) is 18.5 Å². The number of nitrogens with one attached hydrogen (secondary N) is 1. The highest BCUT2D eigenvalue weighted by Crippen LogP contribution is 2.33. The Balaban J connectivity index is 1.53. The van der Waals surface area contributed by atoms with E-state index in [2.05, 4.69) is 22.4 Å². The molecule has 1 aliphatic carbocycles. The molecule has 3 aromatic rings. The first-order chi connectivity index (χ1) is 14.6. The van der Waals surface area contributed by atoms with E-state index in [1.54, 1.807) is 0 Å². The number of para-hydroxylation sites is 1. The number of pyridine rings is 1. The molecule has 1 aliphatic rings. The maximum Gasteiger partial charge on any atom is 0.255 e. The maximum atomic E-state index is 13.2. The quantitative estimate of drug-likeness (QED) is 0.362. The van der Waals surface area contributed by atoms with Crippen LogP contribution in [0.15, 0.2) is 60.8 Å². The number of nitrogens with zero attached hydrogens (tertiary/aromatic N) is 2. The van der Waals surface area contributed by atoms with Crippen molar-refractivity contribution >= 4 is 23.1 Å². The molecule has 0 spiro atoms. The number of hydrogen-bond donors (Lipinski definition) is 1. The second-order valence-electron chi connectivity index (χ2n) is 7.98. The van der Waals surface area contributed by atoms with Gasteiger partial charge in [0.2, 0.25) is 0 Å². The van der Waals surface area contributed by atoms with Gasteiger partial charge in [0.05, 0.1) is 11.2 Å². The van der Waals surface area contributed by atoms with Crippen LogP contribution in [0.3, 0.4) is 0 Å². The monoisotopic (exact) mass is 401 g/mol. The molecular formula is C25H27N3O2. The number of benzene rings is 2. The van der Waals surface area contributed by atoms with Crippen molar-refractivity contribution in [2.24, 2.45) is 0 Å². The SMILES string of the molecule is CN(C(=O)c1ccc(-c2cnc3ccccc3c2)cc1)C1(NCCC=O)CCCC1. The zero-order valence-electron chi connectivity index (χ0n) is 17.3. The molecule has 1 saturated carbocycles. The van der Waals surface area contributed by atoms with Crippen molar-refractivity contribution in [3.05, 3.63) is 66.4 Å². The minimum atomic E-state index is -0.360. The molecule has 0 atom stereocenters. The van der Waals surface area contributed by atoms with Crippen molar-refractivity contribution < 1.29 is 9.59 Å². The van der Waals surface area contributed by atoms with Crippen LogP contribution < -0.4 is 5.32 Å². The highest BCUT2D eigenvalue weighted by atomic mass is 16.2. The van der Waals surface area contributed by atoms with Gasteiger partial charge in [-0.1, -0.05) is 30.3 Å². The summed E-state index contributed by atoms with van der Waals surface area (Å²) in [5.74, 6) is -0.00121. The lowest BCUT2D eigenvalue weighted by atomic mass is 10.0. The predicted molar refractivity (Wildman–Crippen MR) is 119 cm³/mol. The molecule has 1 fully saturated rings. The molecule has 1 N–H and O–H groups in total. The second kappa shape index (κ2) is 8.76. The van der Waals surface area contributed by atoms with E-state index in [4.69, 9.17) is 0 Å². The third-order valence-electron chi connectivity index (χ3n) is 6.15. The molecule has 1 aromatic heterocycles. The lowest BCUT2D eigenvalue weighted by Gasteiger charge is -2.40. The fourth-order valence-electron chi connectivity index (χ4n) is 4.38. The summed E-state index contributed by atoms with van der Waals surface area (Å²) < 4.78 is 0. The second-order valence-corrected chi connectivity index (χ2v) is 7.98. The normalized spacial score (nSPS) is 15.2. The molecule has 0 radical (unpaired) electrons. The van der Waals surface area contributed by atoms with Crippen molar-refractivity contribution in [1.82, 2.24) is 15.2 Å². The predicted octanol–water partition coefficient (Wildman–Crippen LogP) is 4.42. The summed E-state index contributed by atoms with van der Waals surface area (Å²) in [5, 5.41) is 4.56. The Morgan fingerprint density at radius 2 is 1.83 bits per heavy atom. The van der Waals surface area contributed by atoms with Crippen LogP contribution in [0.4, 0.5) is 0 Å². The minimum Gasteiger partial charge on any atom is -0.323 e. The summed E-state index contributed by atoms with van der Waals surface area (Å²) in [7, 11) is 1.86. The zero-order valence-corrected chi connectivity index (χ0v) is 17.3. The number of carbonyl (C=O) groups is 2. The van der Waals surface area contributed by atoms with Crippen LogP contribution in [0.25, 0.3) is 22.0 Å².